The summed E-state index contributed by atoms with van der Waals surface area (Å²) in [6.07, 6.45) is 0.399. The van der Waals surface area contributed by atoms with Gasteiger partial charge in [0.25, 0.3) is 0 Å². The molecule has 0 unspecified atom stereocenters. The summed E-state index contributed by atoms with van der Waals surface area (Å²) < 4.78 is 28.9. The zero-order valence-electron chi connectivity index (χ0n) is 16.4. The summed E-state index contributed by atoms with van der Waals surface area (Å²) in [6, 6.07) is 25.4. The maximum atomic E-state index is 13.0. The first-order valence-electron chi connectivity index (χ1n) is 9.60. The minimum atomic E-state index is -3.70. The predicted octanol–water partition coefficient (Wildman–Crippen LogP) is 5.46. The molecule has 152 valence electrons. The number of rotatable bonds is 6. The second-order valence-corrected chi connectivity index (χ2v) is 9.34. The van der Waals surface area contributed by atoms with Crippen LogP contribution >= 0.6 is 11.6 Å². The van der Waals surface area contributed by atoms with Gasteiger partial charge < -0.3 is 0 Å². The molecule has 0 saturated heterocycles. The van der Waals surface area contributed by atoms with Gasteiger partial charge in [-0.25, -0.2) is 13.1 Å². The number of hydrogen-bond acceptors (Lipinski definition) is 3. The number of fused-ring (bicyclic) bond motifs is 1. The fourth-order valence-corrected chi connectivity index (χ4v) is 4.81. The molecule has 1 atom stereocenters. The van der Waals surface area contributed by atoms with Crippen molar-refractivity contribution in [1.82, 2.24) is 9.71 Å². The molecule has 6 heteroatoms. The number of nitrogens with one attached hydrogen (secondary N) is 1. The highest BCUT2D eigenvalue weighted by Crippen LogP contribution is 2.25. The van der Waals surface area contributed by atoms with E-state index in [1.165, 1.54) is 0 Å². The molecular weight excluding hydrogens is 416 g/mol. The van der Waals surface area contributed by atoms with Gasteiger partial charge in [0.15, 0.2) is 0 Å². The lowest BCUT2D eigenvalue weighted by Gasteiger charge is -2.19. The Morgan fingerprint density at radius 1 is 0.900 bits per heavy atom. The molecule has 1 N–H and O–H groups in total. The maximum Gasteiger partial charge on any atom is 0.241 e. The van der Waals surface area contributed by atoms with Crippen LogP contribution in [0.1, 0.15) is 22.9 Å². The van der Waals surface area contributed by atoms with Gasteiger partial charge in [0.05, 0.1) is 21.5 Å². The molecule has 0 fully saturated rings. The largest absolute Gasteiger partial charge is 0.251 e. The standard InChI is InChI=1S/C24H21ClN2O2S/c1-17-10-14-21(15-11-17)30(28,29)27-23(18-6-3-2-4-7-18)16-20-13-12-19-8-5-9-22(25)24(19)26-20/h2-15,23,27H,16H2,1H3/t23-/m1/s1. The second kappa shape index (κ2) is 8.56. The van der Waals surface area contributed by atoms with E-state index in [2.05, 4.69) is 9.71 Å². The van der Waals surface area contributed by atoms with Crippen LogP contribution in [0.5, 0.6) is 0 Å². The zero-order chi connectivity index (χ0) is 21.1. The third-order valence-electron chi connectivity index (χ3n) is 4.97. The molecule has 30 heavy (non-hydrogen) atoms. The topological polar surface area (TPSA) is 59.1 Å². The Morgan fingerprint density at radius 3 is 2.37 bits per heavy atom. The Morgan fingerprint density at radius 2 is 1.63 bits per heavy atom. The Balaban J connectivity index is 1.69. The van der Waals surface area contributed by atoms with Crippen molar-refractivity contribution in [2.75, 3.05) is 0 Å². The first kappa shape index (κ1) is 20.5. The summed E-state index contributed by atoms with van der Waals surface area (Å²) >= 11 is 6.31. The molecule has 0 bridgehead atoms. The first-order chi connectivity index (χ1) is 14.4. The average molecular weight is 437 g/mol. The van der Waals surface area contributed by atoms with E-state index in [9.17, 15) is 8.42 Å². The smallest absolute Gasteiger partial charge is 0.241 e. The van der Waals surface area contributed by atoms with Crippen LogP contribution in [0.25, 0.3) is 10.9 Å². The number of halogens is 1. The predicted molar refractivity (Wildman–Crippen MR) is 121 cm³/mol. The summed E-state index contributed by atoms with van der Waals surface area (Å²) in [6.45, 7) is 1.92. The second-order valence-electron chi connectivity index (χ2n) is 7.22. The van der Waals surface area contributed by atoms with Gasteiger partial charge in [0.2, 0.25) is 10.0 Å². The fourth-order valence-electron chi connectivity index (χ4n) is 3.36. The first-order valence-corrected chi connectivity index (χ1v) is 11.5. The van der Waals surface area contributed by atoms with Crippen LogP contribution in [0.4, 0.5) is 0 Å². The van der Waals surface area contributed by atoms with Crippen LogP contribution in [0, 0.1) is 6.92 Å². The van der Waals surface area contributed by atoms with Crippen molar-refractivity contribution in [3.05, 3.63) is 107 Å². The number of nitrogens with zero attached hydrogens (tertiary/aromatic N) is 1. The number of hydrogen-bond donors (Lipinski definition) is 1. The van der Waals surface area contributed by atoms with Crippen LogP contribution in [0.15, 0.2) is 89.8 Å². The zero-order valence-corrected chi connectivity index (χ0v) is 18.0. The molecule has 0 aliphatic carbocycles. The quantitative estimate of drug-likeness (QED) is 0.436. The molecular formula is C24H21ClN2O2S. The van der Waals surface area contributed by atoms with E-state index in [4.69, 9.17) is 11.6 Å². The SMILES string of the molecule is Cc1ccc(S(=O)(=O)N[C@H](Cc2ccc3cccc(Cl)c3n2)c2ccccc2)cc1. The summed E-state index contributed by atoms with van der Waals surface area (Å²) in [7, 11) is -3.70. The Bertz CT molecular complexity index is 1270. The van der Waals surface area contributed by atoms with Gasteiger partial charge in [-0.3, -0.25) is 4.98 Å². The molecule has 1 aromatic heterocycles. The van der Waals surface area contributed by atoms with Crippen LogP contribution in [0.3, 0.4) is 0 Å². The monoisotopic (exact) mass is 436 g/mol. The van der Waals surface area contributed by atoms with Crippen molar-refractivity contribution < 1.29 is 8.42 Å². The third-order valence-corrected chi connectivity index (χ3v) is 6.77. The van der Waals surface area contributed by atoms with Crippen molar-refractivity contribution in [3.63, 3.8) is 0 Å². The van der Waals surface area contributed by atoms with E-state index in [-0.39, 0.29) is 4.90 Å². The van der Waals surface area contributed by atoms with E-state index < -0.39 is 16.1 Å². The number of pyridine rings is 1. The Labute approximate surface area is 181 Å². The molecule has 0 saturated carbocycles. The Hall–Kier alpha value is -2.73. The van der Waals surface area contributed by atoms with Crippen molar-refractivity contribution in [1.29, 1.82) is 0 Å². The third kappa shape index (κ3) is 4.54. The molecule has 0 amide bonds. The van der Waals surface area contributed by atoms with Crippen molar-refractivity contribution in [2.24, 2.45) is 0 Å². The number of benzene rings is 3. The lowest BCUT2D eigenvalue weighted by atomic mass is 10.0. The van der Waals surface area contributed by atoms with Gasteiger partial charge in [-0.2, -0.15) is 0 Å². The minimum Gasteiger partial charge on any atom is -0.251 e. The number of para-hydroxylation sites is 1. The molecule has 0 spiro atoms. The van der Waals surface area contributed by atoms with Crippen molar-refractivity contribution in [3.8, 4) is 0 Å². The summed E-state index contributed by atoms with van der Waals surface area (Å²) in [5.41, 5.74) is 3.35. The van der Waals surface area contributed by atoms with Gasteiger partial charge in [-0.15, -0.1) is 0 Å². The van der Waals surface area contributed by atoms with Crippen molar-refractivity contribution in [2.45, 2.75) is 24.3 Å². The van der Waals surface area contributed by atoms with Gasteiger partial charge >= 0.3 is 0 Å². The van der Waals surface area contributed by atoms with E-state index in [0.29, 0.717) is 17.0 Å². The van der Waals surface area contributed by atoms with Crippen molar-refractivity contribution >= 4 is 32.5 Å². The van der Waals surface area contributed by atoms with Gasteiger partial charge in [-0.1, -0.05) is 77.8 Å². The highest BCUT2D eigenvalue weighted by atomic mass is 35.5. The summed E-state index contributed by atoms with van der Waals surface area (Å²) in [4.78, 5) is 4.93. The molecule has 1 heterocycles. The number of sulfonamides is 1. The molecule has 0 aliphatic heterocycles. The average Bonchev–Trinajstić information content (AvgIpc) is 2.75. The van der Waals surface area contributed by atoms with E-state index in [1.807, 2.05) is 61.5 Å². The Kier molecular flexibility index (Phi) is 5.86. The summed E-state index contributed by atoms with van der Waals surface area (Å²) in [5, 5.41) is 1.52. The molecule has 0 aliphatic rings. The molecule has 4 nitrogen and oxygen atoms in total. The van der Waals surface area contributed by atoms with E-state index in [0.717, 1.165) is 22.2 Å². The van der Waals surface area contributed by atoms with Crippen LogP contribution in [-0.4, -0.2) is 13.4 Å². The lowest BCUT2D eigenvalue weighted by molar-refractivity contribution is 0.553. The van der Waals surface area contributed by atoms with Crippen LogP contribution in [-0.2, 0) is 16.4 Å². The van der Waals surface area contributed by atoms with Crippen LogP contribution in [0.2, 0.25) is 5.02 Å². The highest BCUT2D eigenvalue weighted by Gasteiger charge is 2.22. The van der Waals surface area contributed by atoms with Gasteiger partial charge in [0.1, 0.15) is 0 Å². The van der Waals surface area contributed by atoms with Crippen LogP contribution < -0.4 is 4.72 Å². The van der Waals surface area contributed by atoms with E-state index in [1.54, 1.807) is 30.3 Å². The highest BCUT2D eigenvalue weighted by molar-refractivity contribution is 7.89. The molecule has 4 aromatic rings. The van der Waals surface area contributed by atoms with Gasteiger partial charge in [-0.05, 0) is 36.8 Å². The number of aryl methyl sites for hydroxylation is 1. The molecule has 3 aromatic carbocycles. The maximum absolute atomic E-state index is 13.0. The lowest BCUT2D eigenvalue weighted by Crippen LogP contribution is -2.30. The number of aromatic nitrogens is 1. The molecule has 0 radical (unpaired) electrons. The summed E-state index contributed by atoms with van der Waals surface area (Å²) in [5.74, 6) is 0. The minimum absolute atomic E-state index is 0.239. The normalized spacial score (nSPS) is 12.7. The molecule has 4 rings (SSSR count). The fraction of sp³-hybridized carbons (Fsp3) is 0.125. The van der Waals surface area contributed by atoms with E-state index >= 15 is 0 Å². The van der Waals surface area contributed by atoms with Gasteiger partial charge in [0, 0.05) is 17.5 Å².